The molecule has 0 aliphatic heterocycles. The van der Waals surface area contributed by atoms with Gasteiger partial charge in [-0.05, 0) is 78.8 Å². The summed E-state index contributed by atoms with van der Waals surface area (Å²) in [6.07, 6.45) is 4.60. The van der Waals surface area contributed by atoms with Crippen LogP contribution in [-0.4, -0.2) is 21.0 Å². The van der Waals surface area contributed by atoms with Crippen LogP contribution in [-0.2, 0) is 4.79 Å². The van der Waals surface area contributed by atoms with E-state index < -0.39 is 0 Å². The van der Waals surface area contributed by atoms with E-state index >= 15 is 0 Å². The molecule has 0 aliphatic rings. The lowest BCUT2D eigenvalue weighted by Gasteiger charge is -2.11. The minimum atomic E-state index is -0.387. The standard InChI is InChI=1S/C23H16Cl2N4O2S/c1-13-11-15(22-29-21-19(31-22)3-2-10-26-21)5-8-18(13)27-23(32)28-20(30)9-6-14-4-7-16(24)12-17(14)25/h2-12H,1H3,(H2,27,28,30,32)/b9-6+. The zero-order valence-corrected chi connectivity index (χ0v) is 19.1. The van der Waals surface area contributed by atoms with Crippen LogP contribution >= 0.6 is 35.4 Å². The highest BCUT2D eigenvalue weighted by Gasteiger charge is 2.11. The highest BCUT2D eigenvalue weighted by molar-refractivity contribution is 7.80. The van der Waals surface area contributed by atoms with E-state index in [1.54, 1.807) is 36.5 Å². The Balaban J connectivity index is 1.40. The van der Waals surface area contributed by atoms with Gasteiger partial charge in [0.1, 0.15) is 0 Å². The van der Waals surface area contributed by atoms with Crippen molar-refractivity contribution in [1.29, 1.82) is 0 Å². The number of pyridine rings is 1. The molecule has 6 nitrogen and oxygen atoms in total. The van der Waals surface area contributed by atoms with Crippen LogP contribution in [0.1, 0.15) is 11.1 Å². The maximum atomic E-state index is 12.2. The zero-order chi connectivity index (χ0) is 22.7. The monoisotopic (exact) mass is 482 g/mol. The predicted molar refractivity (Wildman–Crippen MR) is 132 cm³/mol. The van der Waals surface area contributed by atoms with Gasteiger partial charge in [0.15, 0.2) is 16.3 Å². The number of rotatable bonds is 4. The van der Waals surface area contributed by atoms with E-state index in [0.717, 1.165) is 16.8 Å². The molecule has 4 rings (SSSR count). The number of amides is 1. The third-order valence-corrected chi connectivity index (χ3v) is 5.27. The number of carbonyl (C=O) groups excluding carboxylic acids is 1. The molecule has 1 amide bonds. The number of hydrogen-bond acceptors (Lipinski definition) is 5. The van der Waals surface area contributed by atoms with Gasteiger partial charge in [0.05, 0.1) is 0 Å². The number of fused-ring (bicyclic) bond motifs is 1. The second-order valence-electron chi connectivity index (χ2n) is 6.82. The summed E-state index contributed by atoms with van der Waals surface area (Å²) >= 11 is 17.2. The summed E-state index contributed by atoms with van der Waals surface area (Å²) in [5.41, 5.74) is 4.31. The number of halogens is 2. The quantitative estimate of drug-likeness (QED) is 0.273. The van der Waals surface area contributed by atoms with Crippen LogP contribution in [0.25, 0.3) is 28.8 Å². The van der Waals surface area contributed by atoms with Crippen molar-refractivity contribution >= 4 is 69.4 Å². The molecule has 0 fully saturated rings. The number of benzene rings is 2. The van der Waals surface area contributed by atoms with Crippen LogP contribution in [0, 0.1) is 6.92 Å². The molecule has 2 N–H and O–H groups in total. The third-order valence-electron chi connectivity index (χ3n) is 4.50. The first-order chi connectivity index (χ1) is 15.4. The Morgan fingerprint density at radius 2 is 2.00 bits per heavy atom. The van der Waals surface area contributed by atoms with Crippen LogP contribution in [0.3, 0.4) is 0 Å². The van der Waals surface area contributed by atoms with E-state index in [4.69, 9.17) is 39.8 Å². The lowest BCUT2D eigenvalue weighted by atomic mass is 10.1. The van der Waals surface area contributed by atoms with Crippen molar-refractivity contribution in [1.82, 2.24) is 15.3 Å². The molecule has 0 saturated heterocycles. The second kappa shape index (κ2) is 9.48. The van der Waals surface area contributed by atoms with Crippen LogP contribution in [0.15, 0.2) is 65.2 Å². The highest BCUT2D eigenvalue weighted by Crippen LogP contribution is 2.27. The van der Waals surface area contributed by atoms with Crippen molar-refractivity contribution in [3.05, 3.63) is 82.0 Å². The van der Waals surface area contributed by atoms with E-state index in [1.165, 1.54) is 6.08 Å². The van der Waals surface area contributed by atoms with Gasteiger partial charge < -0.3 is 9.73 Å². The first kappa shape index (κ1) is 22.0. The molecule has 0 saturated carbocycles. The smallest absolute Gasteiger partial charge is 0.250 e. The third kappa shape index (κ3) is 5.13. The minimum Gasteiger partial charge on any atom is -0.434 e. The van der Waals surface area contributed by atoms with Crippen molar-refractivity contribution in [3.63, 3.8) is 0 Å². The van der Waals surface area contributed by atoms with Crippen molar-refractivity contribution in [2.24, 2.45) is 0 Å². The van der Waals surface area contributed by atoms with Crippen molar-refractivity contribution < 1.29 is 9.21 Å². The molecule has 32 heavy (non-hydrogen) atoms. The number of anilines is 1. The van der Waals surface area contributed by atoms with E-state index in [0.29, 0.717) is 32.7 Å². The van der Waals surface area contributed by atoms with E-state index in [2.05, 4.69) is 20.6 Å². The molecule has 2 aromatic heterocycles. The summed E-state index contributed by atoms with van der Waals surface area (Å²) in [4.78, 5) is 20.8. The topological polar surface area (TPSA) is 80.1 Å². The first-order valence-electron chi connectivity index (χ1n) is 9.47. The summed E-state index contributed by atoms with van der Waals surface area (Å²) in [5, 5.41) is 6.78. The largest absolute Gasteiger partial charge is 0.434 e. The Labute approximate surface area is 199 Å². The van der Waals surface area contributed by atoms with E-state index in [1.807, 2.05) is 31.2 Å². The fraction of sp³-hybridized carbons (Fsp3) is 0.0435. The Bertz CT molecular complexity index is 1330. The van der Waals surface area contributed by atoms with Gasteiger partial charge in [0, 0.05) is 33.6 Å². The van der Waals surface area contributed by atoms with Gasteiger partial charge in [0.25, 0.3) is 0 Å². The molecule has 0 aliphatic carbocycles. The molecule has 0 spiro atoms. The van der Waals surface area contributed by atoms with Gasteiger partial charge >= 0.3 is 0 Å². The van der Waals surface area contributed by atoms with Gasteiger partial charge in [-0.1, -0.05) is 29.3 Å². The number of thiocarbonyl (C=S) groups is 1. The Hall–Kier alpha value is -3.26. The van der Waals surface area contributed by atoms with Gasteiger partial charge in [-0.3, -0.25) is 10.1 Å². The SMILES string of the molecule is Cc1cc(-c2nc3ncccc3o2)ccc1NC(=S)NC(=O)/C=C/c1ccc(Cl)cc1Cl. The lowest BCUT2D eigenvalue weighted by Crippen LogP contribution is -2.33. The molecule has 0 radical (unpaired) electrons. The van der Waals surface area contributed by atoms with Crippen LogP contribution in [0.4, 0.5) is 5.69 Å². The highest BCUT2D eigenvalue weighted by atomic mass is 35.5. The molecule has 4 aromatic rings. The number of aryl methyl sites for hydroxylation is 1. The van der Waals surface area contributed by atoms with Crippen molar-refractivity contribution in [2.75, 3.05) is 5.32 Å². The average Bonchev–Trinajstić information content (AvgIpc) is 3.19. The normalized spacial score (nSPS) is 11.1. The number of hydrogen-bond donors (Lipinski definition) is 2. The summed E-state index contributed by atoms with van der Waals surface area (Å²) in [6.45, 7) is 1.92. The van der Waals surface area contributed by atoms with Crippen molar-refractivity contribution in [3.8, 4) is 11.5 Å². The molecular formula is C23H16Cl2N4O2S. The van der Waals surface area contributed by atoms with Gasteiger partial charge in [0.2, 0.25) is 11.8 Å². The van der Waals surface area contributed by atoms with Gasteiger partial charge in [-0.25, -0.2) is 4.98 Å². The first-order valence-corrected chi connectivity index (χ1v) is 10.6. The van der Waals surface area contributed by atoms with Gasteiger partial charge in [-0.15, -0.1) is 0 Å². The zero-order valence-electron chi connectivity index (χ0n) is 16.7. The van der Waals surface area contributed by atoms with Crippen LogP contribution in [0.5, 0.6) is 0 Å². The fourth-order valence-electron chi connectivity index (χ4n) is 2.94. The molecule has 0 unspecified atom stereocenters. The molecule has 2 heterocycles. The second-order valence-corrected chi connectivity index (χ2v) is 8.07. The number of carbonyl (C=O) groups is 1. The summed E-state index contributed by atoms with van der Waals surface area (Å²) in [5.74, 6) is 0.0944. The maximum Gasteiger partial charge on any atom is 0.250 e. The molecule has 0 atom stereocenters. The van der Waals surface area contributed by atoms with Crippen LogP contribution < -0.4 is 10.6 Å². The maximum absolute atomic E-state index is 12.2. The van der Waals surface area contributed by atoms with Crippen molar-refractivity contribution in [2.45, 2.75) is 6.92 Å². The number of nitrogens with zero attached hydrogens (tertiary/aromatic N) is 2. The lowest BCUT2D eigenvalue weighted by molar-refractivity contribution is -0.115. The van der Waals surface area contributed by atoms with E-state index in [-0.39, 0.29) is 11.0 Å². The predicted octanol–water partition coefficient (Wildman–Crippen LogP) is 6.03. The van der Waals surface area contributed by atoms with Gasteiger partial charge in [-0.2, -0.15) is 4.98 Å². The van der Waals surface area contributed by atoms with E-state index in [9.17, 15) is 4.79 Å². The molecule has 2 aromatic carbocycles. The summed E-state index contributed by atoms with van der Waals surface area (Å²) < 4.78 is 5.76. The number of oxazole rings is 1. The average molecular weight is 483 g/mol. The molecule has 0 bridgehead atoms. The number of nitrogens with one attached hydrogen (secondary N) is 2. The number of aromatic nitrogens is 2. The Morgan fingerprint density at radius 3 is 2.75 bits per heavy atom. The minimum absolute atomic E-state index is 0.170. The Kier molecular flexibility index (Phi) is 6.50. The fourth-order valence-corrected chi connectivity index (χ4v) is 3.62. The van der Waals surface area contributed by atoms with Crippen LogP contribution in [0.2, 0.25) is 10.0 Å². The molecule has 160 valence electrons. The Morgan fingerprint density at radius 1 is 1.16 bits per heavy atom. The molecular weight excluding hydrogens is 467 g/mol. The summed E-state index contributed by atoms with van der Waals surface area (Å²) in [6, 6.07) is 14.3. The molecule has 9 heteroatoms. The summed E-state index contributed by atoms with van der Waals surface area (Å²) in [7, 11) is 0.